The second kappa shape index (κ2) is 11.2. The van der Waals surface area contributed by atoms with Crippen LogP contribution in [0.2, 0.25) is 0 Å². The van der Waals surface area contributed by atoms with Crippen molar-refractivity contribution in [3.8, 4) is 0 Å². The van der Waals surface area contributed by atoms with Crippen LogP contribution in [0.15, 0.2) is 70.1 Å². The van der Waals surface area contributed by atoms with Crippen molar-refractivity contribution in [1.29, 1.82) is 0 Å². The number of likely N-dealkylation sites (tertiary alicyclic amines) is 1. The van der Waals surface area contributed by atoms with Crippen LogP contribution in [0.1, 0.15) is 46.6 Å². The molecule has 0 spiro atoms. The second-order valence-electron chi connectivity index (χ2n) is 8.34. The summed E-state index contributed by atoms with van der Waals surface area (Å²) in [5.41, 5.74) is 2.73. The zero-order valence-corrected chi connectivity index (χ0v) is 19.6. The van der Waals surface area contributed by atoms with Crippen LogP contribution < -0.4 is 5.32 Å². The first-order valence-corrected chi connectivity index (χ1v) is 12.3. The van der Waals surface area contributed by atoms with Gasteiger partial charge in [-0.05, 0) is 43.9 Å². The summed E-state index contributed by atoms with van der Waals surface area (Å²) in [5, 5.41) is 7.06. The van der Waals surface area contributed by atoms with Gasteiger partial charge in [-0.2, -0.15) is 0 Å². The number of nitrogens with zero attached hydrogens (tertiary/aromatic N) is 2. The Labute approximate surface area is 198 Å². The molecule has 2 amide bonds. The Kier molecular flexibility index (Phi) is 7.83. The summed E-state index contributed by atoms with van der Waals surface area (Å²) in [7, 11) is 0. The molecule has 2 aromatic carbocycles. The van der Waals surface area contributed by atoms with E-state index in [1.807, 2.05) is 72.5 Å². The third kappa shape index (κ3) is 6.48. The first-order chi connectivity index (χ1) is 16.1. The van der Waals surface area contributed by atoms with E-state index in [4.69, 9.17) is 4.52 Å². The van der Waals surface area contributed by atoms with Crippen LogP contribution in [-0.2, 0) is 17.0 Å². The van der Waals surface area contributed by atoms with Gasteiger partial charge in [0.25, 0.3) is 5.91 Å². The van der Waals surface area contributed by atoms with Gasteiger partial charge >= 0.3 is 0 Å². The molecule has 1 aliphatic rings. The summed E-state index contributed by atoms with van der Waals surface area (Å²) in [6.07, 6.45) is 2.77. The van der Waals surface area contributed by atoms with Crippen LogP contribution in [0.4, 0.5) is 0 Å². The number of carbonyl (C=O) groups excluding carboxylic acids is 2. The molecule has 1 aromatic heterocycles. The van der Waals surface area contributed by atoms with E-state index >= 15 is 0 Å². The van der Waals surface area contributed by atoms with Gasteiger partial charge in [0.1, 0.15) is 5.76 Å². The highest BCUT2D eigenvalue weighted by Gasteiger charge is 2.26. The van der Waals surface area contributed by atoms with Gasteiger partial charge in [0.15, 0.2) is 0 Å². The molecule has 0 radical (unpaired) electrons. The van der Waals surface area contributed by atoms with E-state index in [0.717, 1.165) is 35.6 Å². The van der Waals surface area contributed by atoms with Crippen molar-refractivity contribution in [2.45, 2.75) is 49.3 Å². The fourth-order valence-electron chi connectivity index (χ4n) is 4.00. The molecule has 3 aromatic rings. The number of benzene rings is 2. The van der Waals surface area contributed by atoms with E-state index < -0.39 is 0 Å². The Balaban J connectivity index is 1.26. The van der Waals surface area contributed by atoms with Gasteiger partial charge in [-0.3, -0.25) is 9.59 Å². The Morgan fingerprint density at radius 3 is 2.55 bits per heavy atom. The van der Waals surface area contributed by atoms with E-state index in [0.29, 0.717) is 30.8 Å². The van der Waals surface area contributed by atoms with E-state index in [9.17, 15) is 9.59 Å². The molecular formula is C26H29N3O3S. The molecule has 1 aliphatic heterocycles. The van der Waals surface area contributed by atoms with Crippen LogP contribution >= 0.6 is 11.8 Å². The molecule has 33 heavy (non-hydrogen) atoms. The Morgan fingerprint density at radius 1 is 1.09 bits per heavy atom. The van der Waals surface area contributed by atoms with E-state index in [1.165, 1.54) is 5.56 Å². The van der Waals surface area contributed by atoms with E-state index in [1.54, 1.807) is 11.8 Å². The molecule has 172 valence electrons. The maximum absolute atomic E-state index is 13.2. The molecule has 0 atom stereocenters. The fourth-order valence-corrected chi connectivity index (χ4v) is 4.92. The minimum absolute atomic E-state index is 0.0423. The standard InChI is InChI=1S/C26H29N3O3S/c1-19-17-22(32-28-19)18-33-24-10-6-5-9-23(24)26(31)29-15-13-21(14-16-29)27-25(30)12-11-20-7-3-2-4-8-20/h2-10,17,21H,11-16,18H2,1H3,(H,27,30). The summed E-state index contributed by atoms with van der Waals surface area (Å²) in [6, 6.07) is 19.8. The van der Waals surface area contributed by atoms with Crippen molar-refractivity contribution in [2.75, 3.05) is 13.1 Å². The van der Waals surface area contributed by atoms with Gasteiger partial charge in [0.05, 0.1) is 17.0 Å². The Bertz CT molecular complexity index is 1080. The summed E-state index contributed by atoms with van der Waals surface area (Å²) >= 11 is 1.58. The zero-order valence-electron chi connectivity index (χ0n) is 18.8. The van der Waals surface area contributed by atoms with Gasteiger partial charge < -0.3 is 14.7 Å². The lowest BCUT2D eigenvalue weighted by Gasteiger charge is -2.32. The average molecular weight is 464 g/mol. The maximum atomic E-state index is 13.2. The Morgan fingerprint density at radius 2 is 1.82 bits per heavy atom. The average Bonchev–Trinajstić information content (AvgIpc) is 3.27. The molecule has 7 heteroatoms. The SMILES string of the molecule is Cc1cc(CSc2ccccc2C(=O)N2CCC(NC(=O)CCc3ccccc3)CC2)on1. The monoisotopic (exact) mass is 463 g/mol. The van der Waals surface area contributed by atoms with Crippen LogP contribution in [0.25, 0.3) is 0 Å². The second-order valence-corrected chi connectivity index (χ2v) is 9.36. The topological polar surface area (TPSA) is 75.4 Å². The van der Waals surface area contributed by atoms with Gasteiger partial charge in [-0.15, -0.1) is 11.8 Å². The van der Waals surface area contributed by atoms with Gasteiger partial charge in [-0.25, -0.2) is 0 Å². The van der Waals surface area contributed by atoms with Gasteiger partial charge in [-0.1, -0.05) is 47.6 Å². The van der Waals surface area contributed by atoms with Crippen molar-refractivity contribution in [1.82, 2.24) is 15.4 Å². The minimum Gasteiger partial charge on any atom is -0.360 e. The molecule has 0 bridgehead atoms. The van der Waals surface area contributed by atoms with Crippen LogP contribution in [-0.4, -0.2) is 41.0 Å². The molecule has 0 unspecified atom stereocenters. The molecule has 2 heterocycles. The third-order valence-electron chi connectivity index (χ3n) is 5.80. The molecule has 1 fully saturated rings. The lowest BCUT2D eigenvalue weighted by Crippen LogP contribution is -2.46. The minimum atomic E-state index is 0.0423. The molecular weight excluding hydrogens is 434 g/mol. The number of piperidine rings is 1. The molecule has 4 rings (SSSR count). The van der Waals surface area contributed by atoms with Crippen LogP contribution in [0, 0.1) is 6.92 Å². The van der Waals surface area contributed by atoms with Gasteiger partial charge in [0, 0.05) is 36.5 Å². The fraction of sp³-hybridized carbons (Fsp3) is 0.346. The van der Waals surface area contributed by atoms with Crippen LogP contribution in [0.5, 0.6) is 0 Å². The highest BCUT2D eigenvalue weighted by atomic mass is 32.2. The van der Waals surface area contributed by atoms with Crippen molar-refractivity contribution < 1.29 is 14.1 Å². The predicted molar refractivity (Wildman–Crippen MR) is 129 cm³/mol. The van der Waals surface area contributed by atoms with Crippen molar-refractivity contribution >= 4 is 23.6 Å². The summed E-state index contributed by atoms with van der Waals surface area (Å²) in [6.45, 7) is 3.18. The number of hydrogen-bond acceptors (Lipinski definition) is 5. The number of hydrogen-bond donors (Lipinski definition) is 1. The highest BCUT2D eigenvalue weighted by molar-refractivity contribution is 7.98. The molecule has 1 saturated heterocycles. The summed E-state index contributed by atoms with van der Waals surface area (Å²) < 4.78 is 5.29. The van der Waals surface area contributed by atoms with Crippen LogP contribution in [0.3, 0.4) is 0 Å². The predicted octanol–water partition coefficient (Wildman–Crippen LogP) is 4.63. The zero-order chi connectivity index (χ0) is 23.0. The molecule has 1 N–H and O–H groups in total. The number of carbonyl (C=O) groups is 2. The number of aryl methyl sites for hydroxylation is 2. The number of rotatable bonds is 8. The highest BCUT2D eigenvalue weighted by Crippen LogP contribution is 2.28. The quantitative estimate of drug-likeness (QED) is 0.493. The number of aromatic nitrogens is 1. The normalized spacial score (nSPS) is 14.3. The van der Waals surface area contributed by atoms with E-state index in [-0.39, 0.29) is 17.9 Å². The summed E-state index contributed by atoms with van der Waals surface area (Å²) in [4.78, 5) is 28.4. The lowest BCUT2D eigenvalue weighted by atomic mass is 10.0. The summed E-state index contributed by atoms with van der Waals surface area (Å²) in [5.74, 6) is 1.54. The molecule has 6 nitrogen and oxygen atoms in total. The van der Waals surface area contributed by atoms with Gasteiger partial charge in [0.2, 0.25) is 5.91 Å². The first-order valence-electron chi connectivity index (χ1n) is 11.3. The maximum Gasteiger partial charge on any atom is 0.254 e. The smallest absolute Gasteiger partial charge is 0.254 e. The number of amides is 2. The Hall–Kier alpha value is -3.06. The largest absolute Gasteiger partial charge is 0.360 e. The number of thioether (sulfide) groups is 1. The lowest BCUT2D eigenvalue weighted by molar-refractivity contribution is -0.122. The first kappa shape index (κ1) is 23.1. The molecule has 0 aliphatic carbocycles. The third-order valence-corrected chi connectivity index (χ3v) is 6.89. The van der Waals surface area contributed by atoms with E-state index in [2.05, 4.69) is 10.5 Å². The van der Waals surface area contributed by atoms with Crippen molar-refractivity contribution in [3.05, 3.63) is 83.2 Å². The van der Waals surface area contributed by atoms with Crippen molar-refractivity contribution in [2.24, 2.45) is 0 Å². The number of nitrogens with one attached hydrogen (secondary N) is 1. The molecule has 0 saturated carbocycles. The van der Waals surface area contributed by atoms with Crippen molar-refractivity contribution in [3.63, 3.8) is 0 Å².